The number of hydrogen-bond donors (Lipinski definition) is 8. The molecule has 1 saturated carbocycles. The Morgan fingerprint density at radius 3 is 2.29 bits per heavy atom. The van der Waals surface area contributed by atoms with Crippen LogP contribution >= 0.6 is 0 Å². The first-order chi connectivity index (χ1) is 16.1. The Morgan fingerprint density at radius 1 is 0.971 bits per heavy atom. The molecule has 192 valence electrons. The van der Waals surface area contributed by atoms with Gasteiger partial charge in [-0.1, -0.05) is 12.1 Å². The van der Waals surface area contributed by atoms with Crippen LogP contribution in [0, 0.1) is 0 Å². The molecule has 0 aromatic heterocycles. The van der Waals surface area contributed by atoms with E-state index in [1.807, 2.05) is 12.1 Å². The first-order valence-corrected chi connectivity index (χ1v) is 11.8. The van der Waals surface area contributed by atoms with E-state index in [1.54, 1.807) is 33.2 Å². The van der Waals surface area contributed by atoms with Gasteiger partial charge in [0.2, 0.25) is 12.1 Å². The SMILES string of the molecule is CN[C@@H]1[C@H](O)[C@H](NC)[C@H]2O[C@]3(O)[C@H](O[C@@H]2[C@H]1O)O[C@H](C)C[C@@]3(O)CNCCc1ccc(O)cc1. The Hall–Kier alpha value is -1.38. The summed E-state index contributed by atoms with van der Waals surface area (Å²) in [7, 11) is 3.28. The van der Waals surface area contributed by atoms with E-state index in [2.05, 4.69) is 16.0 Å². The second-order valence-corrected chi connectivity index (χ2v) is 9.60. The Kier molecular flexibility index (Phi) is 7.51. The molecule has 0 unspecified atom stereocenters. The van der Waals surface area contributed by atoms with Gasteiger partial charge in [-0.05, 0) is 51.7 Å². The van der Waals surface area contributed by atoms with Gasteiger partial charge in [0.15, 0.2) is 0 Å². The summed E-state index contributed by atoms with van der Waals surface area (Å²) in [6.07, 6.45) is -5.05. The molecule has 10 atom stereocenters. The summed E-state index contributed by atoms with van der Waals surface area (Å²) >= 11 is 0. The number of fused-ring (bicyclic) bond motifs is 2. The van der Waals surface area contributed by atoms with E-state index in [9.17, 15) is 25.5 Å². The lowest BCUT2D eigenvalue weighted by molar-refractivity contribution is -0.482. The maximum absolute atomic E-state index is 11.6. The minimum absolute atomic E-state index is 0.000990. The summed E-state index contributed by atoms with van der Waals surface area (Å²) in [4.78, 5) is 0. The van der Waals surface area contributed by atoms with Crippen molar-refractivity contribution in [3.8, 4) is 5.75 Å². The summed E-state index contributed by atoms with van der Waals surface area (Å²) in [5.41, 5.74) is -0.751. The third kappa shape index (κ3) is 4.46. The zero-order valence-corrected chi connectivity index (χ0v) is 19.7. The Morgan fingerprint density at radius 2 is 1.65 bits per heavy atom. The highest BCUT2D eigenvalue weighted by Gasteiger charge is 2.68. The molecule has 34 heavy (non-hydrogen) atoms. The molecule has 1 aromatic rings. The lowest BCUT2D eigenvalue weighted by Crippen LogP contribution is -2.81. The van der Waals surface area contributed by atoms with Crippen LogP contribution in [0.3, 0.4) is 0 Å². The topological polar surface area (TPSA) is 165 Å². The van der Waals surface area contributed by atoms with Crippen LogP contribution in [-0.2, 0) is 20.6 Å². The van der Waals surface area contributed by atoms with Crippen molar-refractivity contribution in [3.05, 3.63) is 29.8 Å². The minimum atomic E-state index is -2.23. The molecule has 3 fully saturated rings. The molecule has 0 amide bonds. The lowest BCUT2D eigenvalue weighted by atomic mass is 9.77. The molecule has 0 bridgehead atoms. The summed E-state index contributed by atoms with van der Waals surface area (Å²) in [6, 6.07) is 5.50. The van der Waals surface area contributed by atoms with Gasteiger partial charge in [0.25, 0.3) is 0 Å². The fraction of sp³-hybridized carbons (Fsp3) is 0.739. The molecule has 3 aliphatic rings. The molecule has 0 spiro atoms. The van der Waals surface area contributed by atoms with Crippen LogP contribution in [0.1, 0.15) is 18.9 Å². The van der Waals surface area contributed by atoms with Gasteiger partial charge in [0.1, 0.15) is 29.7 Å². The van der Waals surface area contributed by atoms with Crippen molar-refractivity contribution < 1.29 is 39.7 Å². The summed E-state index contributed by atoms with van der Waals surface area (Å²) in [5, 5.41) is 63.3. The van der Waals surface area contributed by atoms with Gasteiger partial charge < -0.3 is 55.7 Å². The van der Waals surface area contributed by atoms with Crippen molar-refractivity contribution >= 4 is 0 Å². The van der Waals surface area contributed by atoms with Gasteiger partial charge in [-0.3, -0.25) is 0 Å². The van der Waals surface area contributed by atoms with Gasteiger partial charge in [-0.15, -0.1) is 0 Å². The third-order valence-electron chi connectivity index (χ3n) is 7.29. The quantitative estimate of drug-likeness (QED) is 0.198. The average molecular weight is 484 g/mol. The van der Waals surface area contributed by atoms with E-state index in [0.717, 1.165) is 5.56 Å². The number of hydrogen-bond acceptors (Lipinski definition) is 11. The number of aliphatic hydroxyl groups excluding tert-OH is 2. The molecule has 11 heteroatoms. The molecule has 2 saturated heterocycles. The number of ether oxygens (including phenoxy) is 3. The van der Waals surface area contributed by atoms with Gasteiger partial charge >= 0.3 is 0 Å². The van der Waals surface area contributed by atoms with E-state index in [-0.39, 0.29) is 18.7 Å². The largest absolute Gasteiger partial charge is 0.508 e. The summed E-state index contributed by atoms with van der Waals surface area (Å²) in [6.45, 7) is 2.28. The van der Waals surface area contributed by atoms with E-state index in [1.165, 1.54) is 0 Å². The normalized spacial score (nSPS) is 44.3. The van der Waals surface area contributed by atoms with E-state index >= 15 is 0 Å². The Balaban J connectivity index is 1.50. The molecule has 1 aliphatic carbocycles. The number of aromatic hydroxyl groups is 1. The van der Waals surface area contributed by atoms with Crippen molar-refractivity contribution in [2.75, 3.05) is 27.2 Å². The number of phenolic OH excluding ortho intramolecular Hbond substituents is 1. The average Bonchev–Trinajstić information content (AvgIpc) is 2.79. The van der Waals surface area contributed by atoms with Crippen molar-refractivity contribution in [3.63, 3.8) is 0 Å². The highest BCUT2D eigenvalue weighted by Crippen LogP contribution is 2.46. The number of phenols is 1. The van der Waals surface area contributed by atoms with E-state index in [0.29, 0.717) is 13.0 Å². The maximum Gasteiger partial charge on any atom is 0.249 e. The van der Waals surface area contributed by atoms with Gasteiger partial charge in [-0.2, -0.15) is 0 Å². The standard InChI is InChI=1S/C23H37N3O8/c1-12-10-22(30,11-26-9-8-13-4-6-14(27)7-5-13)23(31)21(32-12)33-20-18(29)15(24-2)17(28)16(25-3)19(20)34-23/h4-7,12,15-21,24-31H,8-11H2,1-3H3/t12-,15-,16+,17+,18+,19-,20-,21+,22-,23-/m1/s1. The molecule has 1 aromatic carbocycles. The Labute approximate surface area is 199 Å². The van der Waals surface area contributed by atoms with Crippen LogP contribution in [-0.4, -0.2) is 113 Å². The van der Waals surface area contributed by atoms with E-state index < -0.39 is 60.3 Å². The molecule has 0 radical (unpaired) electrons. The second-order valence-electron chi connectivity index (χ2n) is 9.60. The third-order valence-corrected chi connectivity index (χ3v) is 7.29. The lowest BCUT2D eigenvalue weighted by Gasteiger charge is -2.60. The number of rotatable bonds is 7. The zero-order valence-electron chi connectivity index (χ0n) is 19.7. The molecule has 2 heterocycles. The predicted molar refractivity (Wildman–Crippen MR) is 121 cm³/mol. The molecule has 11 nitrogen and oxygen atoms in total. The van der Waals surface area contributed by atoms with Crippen LogP contribution in [0.2, 0.25) is 0 Å². The van der Waals surface area contributed by atoms with Gasteiger partial charge in [0.05, 0.1) is 24.3 Å². The molecule has 2 aliphatic heterocycles. The molecular weight excluding hydrogens is 446 g/mol. The monoisotopic (exact) mass is 483 g/mol. The van der Waals surface area contributed by atoms with Gasteiger partial charge in [0, 0.05) is 13.0 Å². The van der Waals surface area contributed by atoms with Crippen LogP contribution in [0.25, 0.3) is 0 Å². The maximum atomic E-state index is 11.6. The molecular formula is C23H37N3O8. The summed E-state index contributed by atoms with van der Waals surface area (Å²) in [5.74, 6) is -2.03. The van der Waals surface area contributed by atoms with Crippen molar-refractivity contribution in [1.29, 1.82) is 0 Å². The zero-order chi connectivity index (χ0) is 24.7. The van der Waals surface area contributed by atoms with Crippen LogP contribution < -0.4 is 16.0 Å². The number of likely N-dealkylation sites (N-methyl/N-ethyl adjacent to an activating group) is 2. The first kappa shape index (κ1) is 25.7. The van der Waals surface area contributed by atoms with Crippen molar-refractivity contribution in [2.24, 2.45) is 0 Å². The van der Waals surface area contributed by atoms with Crippen LogP contribution in [0.4, 0.5) is 0 Å². The van der Waals surface area contributed by atoms with E-state index in [4.69, 9.17) is 14.2 Å². The van der Waals surface area contributed by atoms with Crippen molar-refractivity contribution in [2.45, 2.75) is 80.0 Å². The second kappa shape index (κ2) is 9.94. The fourth-order valence-electron chi connectivity index (χ4n) is 5.42. The van der Waals surface area contributed by atoms with Crippen LogP contribution in [0.5, 0.6) is 5.75 Å². The predicted octanol–water partition coefficient (Wildman–Crippen LogP) is -2.23. The number of nitrogens with one attached hydrogen (secondary N) is 3. The minimum Gasteiger partial charge on any atom is -0.508 e. The smallest absolute Gasteiger partial charge is 0.249 e. The summed E-state index contributed by atoms with van der Waals surface area (Å²) < 4.78 is 17.9. The molecule has 4 rings (SSSR count). The fourth-order valence-corrected chi connectivity index (χ4v) is 5.42. The Bertz CT molecular complexity index is 831. The highest BCUT2D eigenvalue weighted by atomic mass is 16.8. The first-order valence-electron chi connectivity index (χ1n) is 11.8. The van der Waals surface area contributed by atoms with Crippen LogP contribution in [0.15, 0.2) is 24.3 Å². The number of benzene rings is 1. The highest BCUT2D eigenvalue weighted by molar-refractivity contribution is 5.26. The molecule has 8 N–H and O–H groups in total. The van der Waals surface area contributed by atoms with Gasteiger partial charge in [-0.25, -0.2) is 0 Å². The van der Waals surface area contributed by atoms with Crippen molar-refractivity contribution in [1.82, 2.24) is 16.0 Å². The number of aliphatic hydroxyl groups is 4.